The van der Waals surface area contributed by atoms with Gasteiger partial charge in [-0.2, -0.15) is 0 Å². The maximum Gasteiger partial charge on any atom is 0.338 e. The maximum absolute atomic E-state index is 12.5. The third kappa shape index (κ3) is 4.87. The fraction of sp³-hybridized carbons (Fsp3) is 0.217. The minimum absolute atomic E-state index is 0.0554. The molecule has 2 heterocycles. The number of methoxy groups -OCH3 is 1. The van der Waals surface area contributed by atoms with Gasteiger partial charge >= 0.3 is 5.97 Å². The lowest BCUT2D eigenvalue weighted by Gasteiger charge is -2.09. The van der Waals surface area contributed by atoms with E-state index in [2.05, 4.69) is 15.5 Å². The van der Waals surface area contributed by atoms with Crippen molar-refractivity contribution in [3.8, 4) is 17.3 Å². The zero-order valence-corrected chi connectivity index (χ0v) is 20.2. The van der Waals surface area contributed by atoms with Gasteiger partial charge in [-0.15, -0.1) is 10.2 Å². The van der Waals surface area contributed by atoms with E-state index in [0.717, 1.165) is 5.39 Å². The number of hydrogen-bond donors (Lipinski definition) is 1. The van der Waals surface area contributed by atoms with Gasteiger partial charge in [0.05, 0.1) is 35.7 Å². The van der Waals surface area contributed by atoms with Crippen molar-refractivity contribution in [3.05, 3.63) is 53.1 Å². The lowest BCUT2D eigenvalue weighted by atomic mass is 10.2. The van der Waals surface area contributed by atoms with Crippen LogP contribution in [0.25, 0.3) is 22.6 Å². The molecule has 9 nitrogen and oxygen atoms in total. The third-order valence-corrected chi connectivity index (χ3v) is 6.22. The first-order chi connectivity index (χ1) is 16.4. The van der Waals surface area contributed by atoms with Crippen molar-refractivity contribution in [2.75, 3.05) is 24.8 Å². The molecule has 0 fully saturated rings. The number of carbonyl (C=O) groups excluding carboxylic acids is 2. The van der Waals surface area contributed by atoms with Crippen LogP contribution in [0.2, 0.25) is 5.02 Å². The van der Waals surface area contributed by atoms with Crippen LogP contribution in [0.4, 0.5) is 5.69 Å². The second-order valence-electron chi connectivity index (χ2n) is 7.11. The third-order valence-electron chi connectivity index (χ3n) is 4.87. The number of furan rings is 1. The Morgan fingerprint density at radius 3 is 2.79 bits per heavy atom. The smallest absolute Gasteiger partial charge is 0.338 e. The van der Waals surface area contributed by atoms with Gasteiger partial charge in [-0.05, 0) is 37.3 Å². The molecule has 0 bridgehead atoms. The van der Waals surface area contributed by atoms with Crippen LogP contribution in [0.1, 0.15) is 17.3 Å². The summed E-state index contributed by atoms with van der Waals surface area (Å²) in [5, 5.41) is 12.8. The predicted octanol–water partition coefficient (Wildman–Crippen LogP) is 4.80. The number of carbonyl (C=O) groups is 2. The number of esters is 1. The van der Waals surface area contributed by atoms with E-state index in [1.165, 1.54) is 23.9 Å². The minimum atomic E-state index is -0.487. The molecule has 4 rings (SSSR count). The summed E-state index contributed by atoms with van der Waals surface area (Å²) in [7, 11) is 3.37. The second-order valence-corrected chi connectivity index (χ2v) is 8.46. The summed E-state index contributed by atoms with van der Waals surface area (Å²) in [6.07, 6.45) is 0. The molecule has 0 radical (unpaired) electrons. The summed E-state index contributed by atoms with van der Waals surface area (Å²) in [6, 6.07) is 12.0. The van der Waals surface area contributed by atoms with Crippen LogP contribution in [-0.2, 0) is 16.6 Å². The monoisotopic (exact) mass is 500 g/mol. The Balaban J connectivity index is 1.45. The Morgan fingerprint density at radius 1 is 1.21 bits per heavy atom. The molecule has 0 aliphatic carbocycles. The SMILES string of the molecule is CCOC(=O)c1ccc(Cl)c(NC(=O)CSc2nnc(-c3cc4cccc(OC)c4o3)n2C)c1. The largest absolute Gasteiger partial charge is 0.493 e. The van der Waals surface area contributed by atoms with Crippen molar-refractivity contribution in [1.82, 2.24) is 14.8 Å². The molecule has 11 heteroatoms. The highest BCUT2D eigenvalue weighted by Crippen LogP contribution is 2.33. The van der Waals surface area contributed by atoms with Crippen LogP contribution in [0.5, 0.6) is 5.75 Å². The van der Waals surface area contributed by atoms with Gasteiger partial charge in [0.15, 0.2) is 28.1 Å². The molecule has 0 atom stereocenters. The standard InChI is InChI=1S/C23H21ClN4O5S/c1-4-32-22(30)14-8-9-15(24)16(10-14)25-19(29)12-34-23-27-26-21(28(23)2)18-11-13-6-5-7-17(31-3)20(13)33-18/h5-11H,4,12H2,1-3H3,(H,25,29). The number of rotatable bonds is 8. The number of hydrogen-bond acceptors (Lipinski definition) is 8. The maximum atomic E-state index is 12.5. The summed E-state index contributed by atoms with van der Waals surface area (Å²) >= 11 is 7.38. The number of para-hydroxylation sites is 1. The van der Waals surface area contributed by atoms with E-state index in [0.29, 0.717) is 44.3 Å². The van der Waals surface area contributed by atoms with Crippen LogP contribution in [0, 0.1) is 0 Å². The molecule has 176 valence electrons. The van der Waals surface area contributed by atoms with Crippen LogP contribution in [-0.4, -0.2) is 46.1 Å². The molecule has 0 unspecified atom stereocenters. The van der Waals surface area contributed by atoms with E-state index in [4.69, 9.17) is 25.5 Å². The number of halogens is 1. The number of amides is 1. The Kier molecular flexibility index (Phi) is 7.09. The van der Waals surface area contributed by atoms with Crippen LogP contribution >= 0.6 is 23.4 Å². The van der Waals surface area contributed by atoms with Gasteiger partial charge in [-0.1, -0.05) is 35.5 Å². The molecule has 1 N–H and O–H groups in total. The number of fused-ring (bicyclic) bond motifs is 1. The molecule has 0 aliphatic rings. The van der Waals surface area contributed by atoms with Crippen molar-refractivity contribution in [2.24, 2.45) is 7.05 Å². The number of anilines is 1. The summed E-state index contributed by atoms with van der Waals surface area (Å²) in [4.78, 5) is 24.5. The summed E-state index contributed by atoms with van der Waals surface area (Å²) in [5.74, 6) is 0.937. The Labute approximate surface area is 204 Å². The average molecular weight is 501 g/mol. The highest BCUT2D eigenvalue weighted by molar-refractivity contribution is 7.99. The molecule has 1 amide bonds. The molecule has 2 aromatic carbocycles. The van der Waals surface area contributed by atoms with Crippen LogP contribution < -0.4 is 10.1 Å². The van der Waals surface area contributed by atoms with Crippen LogP contribution in [0.15, 0.2) is 52.0 Å². The van der Waals surface area contributed by atoms with E-state index >= 15 is 0 Å². The van der Waals surface area contributed by atoms with Crippen molar-refractivity contribution < 1.29 is 23.5 Å². The van der Waals surface area contributed by atoms with Gasteiger partial charge in [-0.3, -0.25) is 4.79 Å². The molecule has 0 saturated carbocycles. The van der Waals surface area contributed by atoms with Gasteiger partial charge in [0.25, 0.3) is 0 Å². The number of aromatic nitrogens is 3. The minimum Gasteiger partial charge on any atom is -0.493 e. The Morgan fingerprint density at radius 2 is 2.03 bits per heavy atom. The lowest BCUT2D eigenvalue weighted by molar-refractivity contribution is -0.113. The number of thioether (sulfide) groups is 1. The van der Waals surface area contributed by atoms with E-state index < -0.39 is 5.97 Å². The normalized spacial score (nSPS) is 10.9. The topological polar surface area (TPSA) is 108 Å². The van der Waals surface area contributed by atoms with E-state index in [1.54, 1.807) is 31.7 Å². The van der Waals surface area contributed by atoms with Gasteiger partial charge in [0.1, 0.15) is 0 Å². The van der Waals surface area contributed by atoms with E-state index in [1.807, 2.05) is 24.3 Å². The van der Waals surface area contributed by atoms with Crippen molar-refractivity contribution in [1.29, 1.82) is 0 Å². The van der Waals surface area contributed by atoms with Crippen LogP contribution in [0.3, 0.4) is 0 Å². The van der Waals surface area contributed by atoms with Crippen molar-refractivity contribution >= 4 is 51.9 Å². The Hall–Kier alpha value is -3.50. The van der Waals surface area contributed by atoms with Crippen molar-refractivity contribution in [3.63, 3.8) is 0 Å². The molecular weight excluding hydrogens is 480 g/mol. The number of ether oxygens (including phenoxy) is 2. The molecule has 0 aliphatic heterocycles. The van der Waals surface area contributed by atoms with Gasteiger partial charge < -0.3 is 23.8 Å². The molecule has 0 spiro atoms. The fourth-order valence-electron chi connectivity index (χ4n) is 3.24. The molecule has 34 heavy (non-hydrogen) atoms. The number of benzene rings is 2. The van der Waals surface area contributed by atoms with E-state index in [9.17, 15) is 9.59 Å². The molecule has 4 aromatic rings. The summed E-state index contributed by atoms with van der Waals surface area (Å²) in [6.45, 7) is 1.97. The first-order valence-corrected chi connectivity index (χ1v) is 11.6. The number of nitrogens with zero attached hydrogens (tertiary/aromatic N) is 3. The van der Waals surface area contributed by atoms with E-state index in [-0.39, 0.29) is 18.3 Å². The molecule has 2 aromatic heterocycles. The first kappa shape index (κ1) is 23.7. The molecular formula is C23H21ClN4O5S. The quantitative estimate of drug-likeness (QED) is 0.271. The second kappa shape index (κ2) is 10.2. The van der Waals surface area contributed by atoms with Gasteiger partial charge in [0, 0.05) is 12.4 Å². The van der Waals surface area contributed by atoms with Gasteiger partial charge in [-0.25, -0.2) is 4.79 Å². The average Bonchev–Trinajstić information content (AvgIpc) is 3.42. The fourth-order valence-corrected chi connectivity index (χ4v) is 4.12. The highest BCUT2D eigenvalue weighted by Gasteiger charge is 2.18. The Bertz CT molecular complexity index is 1370. The predicted molar refractivity (Wildman–Crippen MR) is 130 cm³/mol. The van der Waals surface area contributed by atoms with Crippen molar-refractivity contribution in [2.45, 2.75) is 12.1 Å². The number of nitrogens with one attached hydrogen (secondary N) is 1. The summed E-state index contributed by atoms with van der Waals surface area (Å²) in [5.41, 5.74) is 1.25. The zero-order valence-electron chi connectivity index (χ0n) is 18.6. The summed E-state index contributed by atoms with van der Waals surface area (Å²) < 4.78 is 18.0. The highest BCUT2D eigenvalue weighted by atomic mass is 35.5. The van der Waals surface area contributed by atoms with Gasteiger partial charge in [0.2, 0.25) is 5.91 Å². The lowest BCUT2D eigenvalue weighted by Crippen LogP contribution is -2.15. The zero-order chi connectivity index (χ0) is 24.2. The molecule has 0 saturated heterocycles. The first-order valence-electron chi connectivity index (χ1n) is 10.3.